The van der Waals surface area contributed by atoms with Crippen LogP contribution in [0.1, 0.15) is 25.8 Å². The van der Waals surface area contributed by atoms with E-state index in [4.69, 9.17) is 23.2 Å². The first-order valence-electron chi connectivity index (χ1n) is 5.07. The highest BCUT2D eigenvalue weighted by Gasteiger charge is 2.22. The first-order chi connectivity index (χ1) is 6.97. The molecule has 0 saturated heterocycles. The minimum Gasteiger partial charge on any atom is -0.320 e. The maximum atomic E-state index is 6.18. The standard InChI is InChI=1S/C12H17Cl2N/c1-12(2,6-7-15-3)10-8-9(13)4-5-11(10)14/h4-5,8,15H,6-7H2,1-3H3. The third-order valence-corrected chi connectivity index (χ3v) is 3.22. The van der Waals surface area contributed by atoms with Crippen LogP contribution < -0.4 is 5.32 Å². The topological polar surface area (TPSA) is 12.0 Å². The van der Waals surface area contributed by atoms with Crippen LogP contribution in [-0.4, -0.2) is 13.6 Å². The smallest absolute Gasteiger partial charge is 0.0444 e. The number of hydrogen-bond donors (Lipinski definition) is 1. The van der Waals surface area contributed by atoms with Crippen LogP contribution >= 0.6 is 23.2 Å². The van der Waals surface area contributed by atoms with Gasteiger partial charge < -0.3 is 5.32 Å². The van der Waals surface area contributed by atoms with Gasteiger partial charge in [-0.2, -0.15) is 0 Å². The van der Waals surface area contributed by atoms with Crippen LogP contribution in [0.15, 0.2) is 18.2 Å². The van der Waals surface area contributed by atoms with E-state index in [0.29, 0.717) is 0 Å². The van der Waals surface area contributed by atoms with Crippen molar-refractivity contribution in [1.82, 2.24) is 5.32 Å². The molecule has 0 aliphatic rings. The molecule has 0 fully saturated rings. The average molecular weight is 246 g/mol. The van der Waals surface area contributed by atoms with Gasteiger partial charge in [0.1, 0.15) is 0 Å². The monoisotopic (exact) mass is 245 g/mol. The summed E-state index contributed by atoms with van der Waals surface area (Å²) in [6.07, 6.45) is 1.03. The SMILES string of the molecule is CNCCC(C)(C)c1cc(Cl)ccc1Cl. The van der Waals surface area contributed by atoms with E-state index in [0.717, 1.165) is 28.6 Å². The minimum absolute atomic E-state index is 0.0466. The molecule has 84 valence electrons. The molecule has 0 spiro atoms. The number of rotatable bonds is 4. The lowest BCUT2D eigenvalue weighted by molar-refractivity contribution is 0.469. The Morgan fingerprint density at radius 3 is 2.53 bits per heavy atom. The Balaban J connectivity index is 2.97. The van der Waals surface area contributed by atoms with Gasteiger partial charge in [0.05, 0.1) is 0 Å². The van der Waals surface area contributed by atoms with Crippen molar-refractivity contribution in [1.29, 1.82) is 0 Å². The summed E-state index contributed by atoms with van der Waals surface area (Å²) in [4.78, 5) is 0. The number of benzene rings is 1. The zero-order chi connectivity index (χ0) is 11.5. The number of halogens is 2. The molecule has 3 heteroatoms. The van der Waals surface area contributed by atoms with Crippen molar-refractivity contribution >= 4 is 23.2 Å². The molecule has 0 aliphatic carbocycles. The number of hydrogen-bond acceptors (Lipinski definition) is 1. The van der Waals surface area contributed by atoms with E-state index in [9.17, 15) is 0 Å². The summed E-state index contributed by atoms with van der Waals surface area (Å²) in [6, 6.07) is 5.64. The minimum atomic E-state index is 0.0466. The fourth-order valence-electron chi connectivity index (χ4n) is 1.59. The van der Waals surface area contributed by atoms with Gasteiger partial charge in [-0.05, 0) is 49.2 Å². The molecule has 1 N–H and O–H groups in total. The Morgan fingerprint density at radius 2 is 1.93 bits per heavy atom. The second-order valence-electron chi connectivity index (χ2n) is 4.36. The van der Waals surface area contributed by atoms with E-state index in [1.807, 2.05) is 25.2 Å². The normalized spacial score (nSPS) is 11.8. The van der Waals surface area contributed by atoms with Gasteiger partial charge in [-0.1, -0.05) is 37.0 Å². The molecule has 0 atom stereocenters. The quantitative estimate of drug-likeness (QED) is 0.850. The molecule has 1 aromatic carbocycles. The lowest BCUT2D eigenvalue weighted by Gasteiger charge is -2.26. The van der Waals surface area contributed by atoms with Crippen molar-refractivity contribution in [2.24, 2.45) is 0 Å². The molecule has 15 heavy (non-hydrogen) atoms. The summed E-state index contributed by atoms with van der Waals surface area (Å²) >= 11 is 12.2. The molecule has 0 aromatic heterocycles. The van der Waals surface area contributed by atoms with Crippen molar-refractivity contribution in [3.63, 3.8) is 0 Å². The Labute approximate surface area is 102 Å². The van der Waals surface area contributed by atoms with Gasteiger partial charge in [0.2, 0.25) is 0 Å². The first-order valence-corrected chi connectivity index (χ1v) is 5.83. The van der Waals surface area contributed by atoms with E-state index in [1.165, 1.54) is 0 Å². The largest absolute Gasteiger partial charge is 0.320 e. The van der Waals surface area contributed by atoms with E-state index < -0.39 is 0 Å². The maximum absolute atomic E-state index is 6.18. The lowest BCUT2D eigenvalue weighted by Crippen LogP contribution is -2.23. The molecule has 1 rings (SSSR count). The second-order valence-corrected chi connectivity index (χ2v) is 5.21. The zero-order valence-corrected chi connectivity index (χ0v) is 10.9. The maximum Gasteiger partial charge on any atom is 0.0444 e. The van der Waals surface area contributed by atoms with Gasteiger partial charge in [-0.3, -0.25) is 0 Å². The van der Waals surface area contributed by atoms with Crippen molar-refractivity contribution in [2.45, 2.75) is 25.7 Å². The molecule has 0 saturated carbocycles. The Kier molecular flexibility index (Phi) is 4.45. The average Bonchev–Trinajstić information content (AvgIpc) is 2.18. The fourth-order valence-corrected chi connectivity index (χ4v) is 2.13. The molecule has 0 amide bonds. The summed E-state index contributed by atoms with van der Waals surface area (Å²) in [7, 11) is 1.95. The molecule has 1 nitrogen and oxygen atoms in total. The predicted octanol–water partition coefficient (Wildman–Crippen LogP) is 3.88. The summed E-state index contributed by atoms with van der Waals surface area (Å²) in [5, 5.41) is 4.69. The third-order valence-electron chi connectivity index (χ3n) is 2.66. The van der Waals surface area contributed by atoms with Gasteiger partial charge >= 0.3 is 0 Å². The molecular formula is C12H17Cl2N. The van der Waals surface area contributed by atoms with E-state index in [1.54, 1.807) is 0 Å². The van der Waals surface area contributed by atoms with E-state index in [-0.39, 0.29) is 5.41 Å². The van der Waals surface area contributed by atoms with Crippen molar-refractivity contribution in [3.05, 3.63) is 33.8 Å². The highest BCUT2D eigenvalue weighted by Crippen LogP contribution is 2.34. The second kappa shape index (κ2) is 5.20. The van der Waals surface area contributed by atoms with E-state index >= 15 is 0 Å². The van der Waals surface area contributed by atoms with Crippen molar-refractivity contribution in [3.8, 4) is 0 Å². The van der Waals surface area contributed by atoms with Crippen LogP contribution in [-0.2, 0) is 5.41 Å². The van der Waals surface area contributed by atoms with Crippen LogP contribution in [0.4, 0.5) is 0 Å². The molecule has 0 radical (unpaired) electrons. The van der Waals surface area contributed by atoms with Crippen LogP contribution in [0, 0.1) is 0 Å². The Morgan fingerprint density at radius 1 is 1.27 bits per heavy atom. The van der Waals surface area contributed by atoms with E-state index in [2.05, 4.69) is 19.2 Å². The lowest BCUT2D eigenvalue weighted by atomic mass is 9.81. The third kappa shape index (κ3) is 3.37. The molecule has 1 aromatic rings. The summed E-state index contributed by atoms with van der Waals surface area (Å²) in [5.74, 6) is 0. The summed E-state index contributed by atoms with van der Waals surface area (Å²) in [6.45, 7) is 5.33. The molecule has 0 unspecified atom stereocenters. The molecule has 0 heterocycles. The van der Waals surface area contributed by atoms with Gasteiger partial charge in [-0.15, -0.1) is 0 Å². The van der Waals surface area contributed by atoms with Gasteiger partial charge in [-0.25, -0.2) is 0 Å². The summed E-state index contributed by atoms with van der Waals surface area (Å²) < 4.78 is 0. The number of nitrogens with one attached hydrogen (secondary N) is 1. The van der Waals surface area contributed by atoms with Gasteiger partial charge in [0.15, 0.2) is 0 Å². The first kappa shape index (κ1) is 12.8. The summed E-state index contributed by atoms with van der Waals surface area (Å²) in [5.41, 5.74) is 1.16. The van der Waals surface area contributed by atoms with Crippen LogP contribution in [0.3, 0.4) is 0 Å². The van der Waals surface area contributed by atoms with Gasteiger partial charge in [0.25, 0.3) is 0 Å². The van der Waals surface area contributed by atoms with Crippen LogP contribution in [0.25, 0.3) is 0 Å². The highest BCUT2D eigenvalue weighted by molar-refractivity contribution is 6.33. The molecular weight excluding hydrogens is 229 g/mol. The van der Waals surface area contributed by atoms with Crippen LogP contribution in [0.5, 0.6) is 0 Å². The van der Waals surface area contributed by atoms with Crippen molar-refractivity contribution in [2.75, 3.05) is 13.6 Å². The molecule has 0 aliphatic heterocycles. The Bertz CT molecular complexity index is 334. The fraction of sp³-hybridized carbons (Fsp3) is 0.500. The van der Waals surface area contributed by atoms with Gasteiger partial charge in [0, 0.05) is 10.0 Å². The Hall–Kier alpha value is -0.240. The van der Waals surface area contributed by atoms with Crippen molar-refractivity contribution < 1.29 is 0 Å². The molecule has 0 bridgehead atoms. The zero-order valence-electron chi connectivity index (χ0n) is 9.40. The van der Waals surface area contributed by atoms with Crippen LogP contribution in [0.2, 0.25) is 10.0 Å². The highest BCUT2D eigenvalue weighted by atomic mass is 35.5. The predicted molar refractivity (Wildman–Crippen MR) is 68.0 cm³/mol.